The molecule has 1 N–H and O–H groups in total. The molecular weight excluding hydrogens is 214 g/mol. The van der Waals surface area contributed by atoms with Crippen molar-refractivity contribution < 1.29 is 4.42 Å². The predicted octanol–water partition coefficient (Wildman–Crippen LogP) is 2.54. The molecule has 2 aromatic heterocycles. The van der Waals surface area contributed by atoms with Crippen molar-refractivity contribution in [2.75, 3.05) is 0 Å². The first-order chi connectivity index (χ1) is 8.16. The van der Waals surface area contributed by atoms with Crippen LogP contribution in [-0.4, -0.2) is 9.97 Å². The number of rotatable bonds is 4. The summed E-state index contributed by atoms with van der Waals surface area (Å²) in [4.78, 5) is 8.63. The molecule has 0 aliphatic heterocycles. The van der Waals surface area contributed by atoms with Gasteiger partial charge >= 0.3 is 0 Å². The van der Waals surface area contributed by atoms with E-state index in [1.54, 1.807) is 6.20 Å². The molecule has 1 atom stereocenters. The Morgan fingerprint density at radius 1 is 1.35 bits per heavy atom. The normalized spacial score (nSPS) is 12.6. The van der Waals surface area contributed by atoms with E-state index in [0.717, 1.165) is 23.0 Å². The highest BCUT2D eigenvalue weighted by atomic mass is 16.4. The highest BCUT2D eigenvalue weighted by molar-refractivity contribution is 5.08. The maximum Gasteiger partial charge on any atom is 0.208 e. The molecule has 2 heterocycles. The molecule has 0 saturated heterocycles. The van der Waals surface area contributed by atoms with Crippen LogP contribution in [-0.2, 0) is 6.54 Å². The minimum Gasteiger partial charge on any atom is -0.444 e. The van der Waals surface area contributed by atoms with Crippen molar-refractivity contribution >= 4 is 0 Å². The standard InChI is InChI=1S/C13H17N3O/c1-9-11(3)17-13(16-9)8-15-10(2)12-6-4-5-7-14-12/h4-7,10,15H,8H2,1-3H3/t10-/m0/s1. The van der Waals surface area contributed by atoms with Crippen LogP contribution in [0.3, 0.4) is 0 Å². The second-order valence-corrected chi connectivity index (χ2v) is 4.11. The molecule has 17 heavy (non-hydrogen) atoms. The third-order valence-electron chi connectivity index (χ3n) is 2.76. The largest absolute Gasteiger partial charge is 0.444 e. The van der Waals surface area contributed by atoms with Gasteiger partial charge in [0.2, 0.25) is 5.89 Å². The first-order valence-electron chi connectivity index (χ1n) is 5.74. The molecule has 4 heteroatoms. The molecule has 0 spiro atoms. The minimum absolute atomic E-state index is 0.184. The van der Waals surface area contributed by atoms with Gasteiger partial charge in [-0.15, -0.1) is 0 Å². The molecule has 0 unspecified atom stereocenters. The molecule has 2 rings (SSSR count). The number of aromatic nitrogens is 2. The second-order valence-electron chi connectivity index (χ2n) is 4.11. The zero-order chi connectivity index (χ0) is 12.3. The van der Waals surface area contributed by atoms with Gasteiger partial charge in [0.25, 0.3) is 0 Å². The summed E-state index contributed by atoms with van der Waals surface area (Å²) in [6, 6.07) is 6.09. The highest BCUT2D eigenvalue weighted by Crippen LogP contribution is 2.11. The van der Waals surface area contributed by atoms with Crippen LogP contribution >= 0.6 is 0 Å². The maximum atomic E-state index is 5.51. The van der Waals surface area contributed by atoms with E-state index in [4.69, 9.17) is 4.42 Å². The highest BCUT2D eigenvalue weighted by Gasteiger charge is 2.09. The SMILES string of the molecule is Cc1nc(CN[C@@H](C)c2ccccn2)oc1C. The van der Waals surface area contributed by atoms with Gasteiger partial charge < -0.3 is 9.73 Å². The van der Waals surface area contributed by atoms with Crippen LogP contribution in [0.2, 0.25) is 0 Å². The van der Waals surface area contributed by atoms with Gasteiger partial charge in [0.15, 0.2) is 0 Å². The van der Waals surface area contributed by atoms with E-state index in [2.05, 4.69) is 22.2 Å². The third-order valence-corrected chi connectivity index (χ3v) is 2.76. The lowest BCUT2D eigenvalue weighted by atomic mass is 10.2. The number of nitrogens with zero attached hydrogens (tertiary/aromatic N) is 2. The summed E-state index contributed by atoms with van der Waals surface area (Å²) in [6.07, 6.45) is 1.80. The number of hydrogen-bond donors (Lipinski definition) is 1. The topological polar surface area (TPSA) is 51.0 Å². The van der Waals surface area contributed by atoms with E-state index < -0.39 is 0 Å². The molecule has 0 aromatic carbocycles. The number of pyridine rings is 1. The Morgan fingerprint density at radius 2 is 2.18 bits per heavy atom. The molecule has 2 aromatic rings. The Kier molecular flexibility index (Phi) is 3.54. The first kappa shape index (κ1) is 11.8. The summed E-state index contributed by atoms with van der Waals surface area (Å²) in [5, 5.41) is 3.34. The average Bonchev–Trinajstić information content (AvgIpc) is 2.67. The Balaban J connectivity index is 1.94. The first-order valence-corrected chi connectivity index (χ1v) is 5.74. The number of oxazole rings is 1. The molecule has 0 radical (unpaired) electrons. The van der Waals surface area contributed by atoms with Gasteiger partial charge in [-0.2, -0.15) is 0 Å². The Labute approximate surface area is 101 Å². The summed E-state index contributed by atoms with van der Waals surface area (Å²) in [5.41, 5.74) is 1.97. The summed E-state index contributed by atoms with van der Waals surface area (Å²) in [7, 11) is 0. The van der Waals surface area contributed by atoms with E-state index in [0.29, 0.717) is 6.54 Å². The molecule has 4 nitrogen and oxygen atoms in total. The van der Waals surface area contributed by atoms with Crippen LogP contribution in [0.4, 0.5) is 0 Å². The number of hydrogen-bond acceptors (Lipinski definition) is 4. The van der Waals surface area contributed by atoms with Gasteiger partial charge in [0.05, 0.1) is 17.9 Å². The van der Waals surface area contributed by atoms with Crippen molar-refractivity contribution in [3.63, 3.8) is 0 Å². The molecule has 0 fully saturated rings. The molecular formula is C13H17N3O. The van der Waals surface area contributed by atoms with Crippen LogP contribution in [0.5, 0.6) is 0 Å². The summed E-state index contributed by atoms with van der Waals surface area (Å²) in [5.74, 6) is 1.61. The lowest BCUT2D eigenvalue weighted by molar-refractivity contribution is 0.430. The molecule has 0 aliphatic rings. The van der Waals surface area contributed by atoms with Crippen molar-refractivity contribution in [1.82, 2.24) is 15.3 Å². The van der Waals surface area contributed by atoms with E-state index in [9.17, 15) is 0 Å². The molecule has 0 aliphatic carbocycles. The summed E-state index contributed by atoms with van der Waals surface area (Å²) in [6.45, 7) is 6.57. The Hall–Kier alpha value is -1.68. The van der Waals surface area contributed by atoms with E-state index in [-0.39, 0.29) is 6.04 Å². The van der Waals surface area contributed by atoms with E-state index >= 15 is 0 Å². The molecule has 0 amide bonds. The van der Waals surface area contributed by atoms with Gasteiger partial charge in [-0.05, 0) is 32.9 Å². The van der Waals surface area contributed by atoms with Crippen LogP contribution in [0.15, 0.2) is 28.8 Å². The second kappa shape index (κ2) is 5.10. The van der Waals surface area contributed by atoms with Gasteiger partial charge in [-0.25, -0.2) is 4.98 Å². The van der Waals surface area contributed by atoms with E-state index in [1.807, 2.05) is 32.0 Å². The minimum atomic E-state index is 0.184. The Bertz CT molecular complexity index is 459. The zero-order valence-corrected chi connectivity index (χ0v) is 10.4. The van der Waals surface area contributed by atoms with Gasteiger partial charge in [-0.3, -0.25) is 4.98 Å². The van der Waals surface area contributed by atoms with Crippen molar-refractivity contribution in [2.24, 2.45) is 0 Å². The van der Waals surface area contributed by atoms with Crippen molar-refractivity contribution in [1.29, 1.82) is 0 Å². The maximum absolute atomic E-state index is 5.51. The smallest absolute Gasteiger partial charge is 0.208 e. The fourth-order valence-corrected chi connectivity index (χ4v) is 1.59. The monoisotopic (exact) mass is 231 g/mol. The van der Waals surface area contributed by atoms with Gasteiger partial charge in [0, 0.05) is 12.2 Å². The van der Waals surface area contributed by atoms with Crippen LogP contribution in [0, 0.1) is 13.8 Å². The van der Waals surface area contributed by atoms with Crippen molar-refractivity contribution in [3.8, 4) is 0 Å². The fourth-order valence-electron chi connectivity index (χ4n) is 1.59. The van der Waals surface area contributed by atoms with Gasteiger partial charge in [-0.1, -0.05) is 6.07 Å². The lowest BCUT2D eigenvalue weighted by Crippen LogP contribution is -2.19. The summed E-state index contributed by atoms with van der Waals surface area (Å²) < 4.78 is 5.51. The van der Waals surface area contributed by atoms with Crippen LogP contribution < -0.4 is 5.32 Å². The fraction of sp³-hybridized carbons (Fsp3) is 0.385. The third kappa shape index (κ3) is 2.91. The number of aryl methyl sites for hydroxylation is 2. The van der Waals surface area contributed by atoms with Crippen molar-refractivity contribution in [2.45, 2.75) is 33.4 Å². The molecule has 0 saturated carbocycles. The summed E-state index contributed by atoms with van der Waals surface area (Å²) >= 11 is 0. The molecule has 90 valence electrons. The van der Waals surface area contributed by atoms with E-state index in [1.165, 1.54) is 0 Å². The number of nitrogens with one attached hydrogen (secondary N) is 1. The van der Waals surface area contributed by atoms with Crippen molar-refractivity contribution in [3.05, 3.63) is 47.4 Å². The molecule has 0 bridgehead atoms. The zero-order valence-electron chi connectivity index (χ0n) is 10.4. The average molecular weight is 231 g/mol. The quantitative estimate of drug-likeness (QED) is 0.878. The van der Waals surface area contributed by atoms with Crippen LogP contribution in [0.25, 0.3) is 0 Å². The van der Waals surface area contributed by atoms with Crippen LogP contribution in [0.1, 0.15) is 36.0 Å². The predicted molar refractivity (Wildman–Crippen MR) is 65.5 cm³/mol. The lowest BCUT2D eigenvalue weighted by Gasteiger charge is -2.11. The Morgan fingerprint density at radius 3 is 2.76 bits per heavy atom. The van der Waals surface area contributed by atoms with Gasteiger partial charge in [0.1, 0.15) is 5.76 Å².